The third-order valence-electron chi connectivity index (χ3n) is 4.30. The van der Waals surface area contributed by atoms with E-state index in [0.717, 1.165) is 33.3 Å². The molecule has 134 valence electrons. The van der Waals surface area contributed by atoms with E-state index in [4.69, 9.17) is 4.74 Å². The molecule has 0 bridgehead atoms. The van der Waals surface area contributed by atoms with Crippen molar-refractivity contribution in [3.63, 3.8) is 0 Å². The van der Waals surface area contributed by atoms with Crippen LogP contribution in [0.4, 0.5) is 0 Å². The minimum atomic E-state index is -0.226. The molecule has 1 amide bonds. The Bertz CT molecular complexity index is 1090. The van der Waals surface area contributed by atoms with Gasteiger partial charge in [0.1, 0.15) is 11.4 Å². The largest absolute Gasteiger partial charge is 0.496 e. The Hall–Kier alpha value is -3.25. The molecule has 0 spiro atoms. The summed E-state index contributed by atoms with van der Waals surface area (Å²) in [7, 11) is 1.62. The van der Waals surface area contributed by atoms with Gasteiger partial charge in [0.25, 0.3) is 5.91 Å². The summed E-state index contributed by atoms with van der Waals surface area (Å²) in [4.78, 5) is 21.5. The summed E-state index contributed by atoms with van der Waals surface area (Å²) in [5.41, 5.74) is 4.04. The van der Waals surface area contributed by atoms with Crippen molar-refractivity contribution in [2.75, 3.05) is 7.11 Å². The monoisotopic (exact) mass is 375 g/mol. The minimum absolute atomic E-state index is 0.226. The summed E-state index contributed by atoms with van der Waals surface area (Å²) in [5, 5.41) is 7.88. The molecule has 0 atom stereocenters. The van der Waals surface area contributed by atoms with Crippen LogP contribution in [-0.4, -0.2) is 23.0 Å². The fourth-order valence-electron chi connectivity index (χ4n) is 2.91. The molecule has 1 N–H and O–H groups in total. The summed E-state index contributed by atoms with van der Waals surface area (Å²) in [5.74, 6) is 0.519. The molecule has 0 fully saturated rings. The van der Waals surface area contributed by atoms with Gasteiger partial charge in [-0.2, -0.15) is 11.3 Å². The number of fused-ring (bicyclic) bond motifs is 1. The normalized spacial score (nSPS) is 10.7. The highest BCUT2D eigenvalue weighted by Gasteiger charge is 2.12. The Morgan fingerprint density at radius 1 is 1.15 bits per heavy atom. The van der Waals surface area contributed by atoms with E-state index in [9.17, 15) is 4.79 Å². The lowest BCUT2D eigenvalue weighted by Gasteiger charge is -2.10. The highest BCUT2D eigenvalue weighted by atomic mass is 32.1. The third kappa shape index (κ3) is 3.52. The van der Waals surface area contributed by atoms with Gasteiger partial charge in [-0.15, -0.1) is 0 Å². The molecule has 1 aromatic carbocycles. The molecule has 3 aromatic heterocycles. The summed E-state index contributed by atoms with van der Waals surface area (Å²) in [6, 6.07) is 13.2. The zero-order valence-corrected chi connectivity index (χ0v) is 15.5. The number of aromatic nitrogens is 2. The van der Waals surface area contributed by atoms with E-state index in [-0.39, 0.29) is 5.91 Å². The van der Waals surface area contributed by atoms with Gasteiger partial charge in [0, 0.05) is 35.5 Å². The number of methoxy groups -OCH3 is 1. The Morgan fingerprint density at radius 3 is 2.85 bits per heavy atom. The van der Waals surface area contributed by atoms with E-state index in [1.165, 1.54) is 0 Å². The second-order valence-electron chi connectivity index (χ2n) is 5.96. The van der Waals surface area contributed by atoms with Gasteiger partial charge in [0.2, 0.25) is 0 Å². The third-order valence-corrected chi connectivity index (χ3v) is 4.98. The van der Waals surface area contributed by atoms with E-state index in [1.54, 1.807) is 36.9 Å². The predicted molar refractivity (Wildman–Crippen MR) is 107 cm³/mol. The van der Waals surface area contributed by atoms with Crippen molar-refractivity contribution in [3.8, 4) is 16.9 Å². The second-order valence-corrected chi connectivity index (χ2v) is 6.74. The van der Waals surface area contributed by atoms with Crippen LogP contribution in [0.1, 0.15) is 16.1 Å². The van der Waals surface area contributed by atoms with Gasteiger partial charge in [0.15, 0.2) is 0 Å². The molecular weight excluding hydrogens is 358 g/mol. The number of hydrogen-bond donors (Lipinski definition) is 1. The molecule has 4 aromatic rings. The van der Waals surface area contributed by atoms with Gasteiger partial charge >= 0.3 is 0 Å². The van der Waals surface area contributed by atoms with Crippen LogP contribution in [0.2, 0.25) is 0 Å². The molecule has 0 aliphatic carbocycles. The van der Waals surface area contributed by atoms with E-state index < -0.39 is 0 Å². The smallest absolute Gasteiger partial charge is 0.270 e. The predicted octanol–water partition coefficient (Wildman–Crippen LogP) is 4.30. The maximum atomic E-state index is 12.6. The lowest BCUT2D eigenvalue weighted by atomic mass is 10.1. The Morgan fingerprint density at radius 2 is 2.04 bits per heavy atom. The van der Waals surface area contributed by atoms with Crippen LogP contribution in [0, 0.1) is 0 Å². The molecule has 0 saturated carbocycles. The zero-order valence-electron chi connectivity index (χ0n) is 14.7. The highest BCUT2D eigenvalue weighted by molar-refractivity contribution is 7.08. The summed E-state index contributed by atoms with van der Waals surface area (Å²) in [6.45, 7) is 0.371. The number of carbonyl (C=O) groups is 1. The van der Waals surface area contributed by atoms with Crippen molar-refractivity contribution in [2.24, 2.45) is 0 Å². The first-order valence-corrected chi connectivity index (χ1v) is 9.38. The fraction of sp³-hybridized carbons (Fsp3) is 0.0952. The van der Waals surface area contributed by atoms with Crippen molar-refractivity contribution < 1.29 is 9.53 Å². The van der Waals surface area contributed by atoms with Gasteiger partial charge in [0.05, 0.1) is 12.6 Å². The summed E-state index contributed by atoms with van der Waals surface area (Å²) >= 11 is 1.62. The van der Waals surface area contributed by atoms with Crippen LogP contribution in [-0.2, 0) is 6.54 Å². The van der Waals surface area contributed by atoms with Crippen LogP contribution in [0.25, 0.3) is 22.0 Å². The van der Waals surface area contributed by atoms with Gasteiger partial charge < -0.3 is 10.1 Å². The van der Waals surface area contributed by atoms with Crippen molar-refractivity contribution in [1.82, 2.24) is 15.3 Å². The molecule has 5 nitrogen and oxygen atoms in total. The van der Waals surface area contributed by atoms with E-state index >= 15 is 0 Å². The van der Waals surface area contributed by atoms with Gasteiger partial charge in [-0.05, 0) is 40.6 Å². The standard InChI is InChI=1S/C21H17N3O2S/c1-26-19-5-3-2-4-14(19)11-23-21(25)18-7-6-15-10-22-12-17(20(15)24-18)16-8-9-27-13-16/h2-10,12-13H,11H2,1H3,(H,23,25). The molecule has 0 radical (unpaired) electrons. The summed E-state index contributed by atoms with van der Waals surface area (Å²) in [6.07, 6.45) is 3.54. The first-order chi connectivity index (χ1) is 13.3. The molecule has 0 aliphatic heterocycles. The maximum absolute atomic E-state index is 12.6. The molecule has 0 unspecified atom stereocenters. The van der Waals surface area contributed by atoms with Gasteiger partial charge in [-0.1, -0.05) is 18.2 Å². The average Bonchev–Trinajstić information content (AvgIpc) is 3.26. The maximum Gasteiger partial charge on any atom is 0.270 e. The number of carbonyl (C=O) groups excluding carboxylic acids is 1. The number of pyridine rings is 2. The first-order valence-electron chi connectivity index (χ1n) is 8.43. The van der Waals surface area contributed by atoms with Crippen LogP contribution < -0.4 is 10.1 Å². The van der Waals surface area contributed by atoms with Crippen LogP contribution in [0.15, 0.2) is 65.6 Å². The van der Waals surface area contributed by atoms with Crippen LogP contribution in [0.5, 0.6) is 5.75 Å². The Kier molecular flexibility index (Phi) is 4.80. The SMILES string of the molecule is COc1ccccc1CNC(=O)c1ccc2cncc(-c3ccsc3)c2n1. The van der Waals surface area contributed by atoms with Gasteiger partial charge in [-0.3, -0.25) is 9.78 Å². The molecule has 0 saturated heterocycles. The molecular formula is C21H17N3O2S. The van der Waals surface area contributed by atoms with E-state index in [1.807, 2.05) is 47.2 Å². The van der Waals surface area contributed by atoms with E-state index in [2.05, 4.69) is 15.3 Å². The van der Waals surface area contributed by atoms with Crippen LogP contribution in [0.3, 0.4) is 0 Å². The summed E-state index contributed by atoms with van der Waals surface area (Å²) < 4.78 is 5.33. The zero-order chi connectivity index (χ0) is 18.6. The number of benzene rings is 1. The number of para-hydroxylation sites is 1. The Balaban J connectivity index is 1.62. The molecule has 3 heterocycles. The van der Waals surface area contributed by atoms with Crippen molar-refractivity contribution in [3.05, 3.63) is 76.9 Å². The molecule has 6 heteroatoms. The number of hydrogen-bond acceptors (Lipinski definition) is 5. The topological polar surface area (TPSA) is 64.1 Å². The number of nitrogens with one attached hydrogen (secondary N) is 1. The van der Waals surface area contributed by atoms with Crippen molar-refractivity contribution >= 4 is 28.1 Å². The molecule has 27 heavy (non-hydrogen) atoms. The quantitative estimate of drug-likeness (QED) is 0.565. The fourth-order valence-corrected chi connectivity index (χ4v) is 3.57. The highest BCUT2D eigenvalue weighted by Crippen LogP contribution is 2.28. The second kappa shape index (κ2) is 7.55. The van der Waals surface area contributed by atoms with Gasteiger partial charge in [-0.25, -0.2) is 4.98 Å². The number of ether oxygens (including phenoxy) is 1. The number of amides is 1. The first kappa shape index (κ1) is 17.2. The molecule has 0 aliphatic rings. The number of thiophene rings is 1. The number of nitrogens with zero attached hydrogens (tertiary/aromatic N) is 2. The Labute approximate surface area is 160 Å². The average molecular weight is 375 g/mol. The van der Waals surface area contributed by atoms with Crippen molar-refractivity contribution in [2.45, 2.75) is 6.54 Å². The van der Waals surface area contributed by atoms with Crippen molar-refractivity contribution in [1.29, 1.82) is 0 Å². The lowest BCUT2D eigenvalue weighted by molar-refractivity contribution is 0.0946. The number of rotatable bonds is 5. The van der Waals surface area contributed by atoms with Crippen LogP contribution >= 0.6 is 11.3 Å². The molecule has 4 rings (SSSR count). The lowest BCUT2D eigenvalue weighted by Crippen LogP contribution is -2.24. The minimum Gasteiger partial charge on any atom is -0.496 e. The van der Waals surface area contributed by atoms with E-state index in [0.29, 0.717) is 12.2 Å².